The van der Waals surface area contributed by atoms with E-state index in [1.54, 1.807) is 18.2 Å². The number of rotatable bonds is 7. The quantitative estimate of drug-likeness (QED) is 0.497. The zero-order valence-electron chi connectivity index (χ0n) is 18.9. The van der Waals surface area contributed by atoms with Crippen LogP contribution in [0.1, 0.15) is 23.7 Å². The molecule has 2 aliphatic heterocycles. The second kappa shape index (κ2) is 9.71. The van der Waals surface area contributed by atoms with Crippen LogP contribution in [-0.2, 0) is 0 Å². The van der Waals surface area contributed by atoms with E-state index in [-0.39, 0.29) is 24.5 Å². The zero-order valence-corrected chi connectivity index (χ0v) is 18.9. The summed E-state index contributed by atoms with van der Waals surface area (Å²) in [5.41, 5.74) is 3.59. The summed E-state index contributed by atoms with van der Waals surface area (Å²) < 4.78 is 31.5. The minimum absolute atomic E-state index is 0.225. The fraction of sp³-hybridized carbons (Fsp3) is 0.333. The Morgan fingerprint density at radius 1 is 0.909 bits per heavy atom. The Morgan fingerprint density at radius 3 is 2.48 bits per heavy atom. The van der Waals surface area contributed by atoms with Gasteiger partial charge in [-0.2, -0.15) is 0 Å². The Labute approximate surface area is 194 Å². The number of hydrogen-bond donors (Lipinski definition) is 0. The summed E-state index contributed by atoms with van der Waals surface area (Å²) >= 11 is 0. The second-order valence-electron chi connectivity index (χ2n) is 8.55. The van der Waals surface area contributed by atoms with Crippen LogP contribution in [0, 0.1) is 12.7 Å². The third-order valence-corrected chi connectivity index (χ3v) is 6.41. The molecule has 2 aliphatic rings. The van der Waals surface area contributed by atoms with E-state index in [0.29, 0.717) is 5.75 Å². The maximum Gasteiger partial charge on any atom is 0.231 e. The Bertz CT molecular complexity index is 1100. The first-order valence-electron chi connectivity index (χ1n) is 11.5. The van der Waals surface area contributed by atoms with E-state index < -0.39 is 0 Å². The van der Waals surface area contributed by atoms with Gasteiger partial charge in [-0.05, 0) is 48.4 Å². The molecule has 33 heavy (non-hydrogen) atoms. The van der Waals surface area contributed by atoms with Gasteiger partial charge in [0.25, 0.3) is 0 Å². The van der Waals surface area contributed by atoms with E-state index in [1.165, 1.54) is 17.3 Å². The van der Waals surface area contributed by atoms with E-state index >= 15 is 0 Å². The fourth-order valence-electron chi connectivity index (χ4n) is 4.53. The molecule has 0 N–H and O–H groups in total. The van der Waals surface area contributed by atoms with Crippen molar-refractivity contribution in [1.82, 2.24) is 4.90 Å². The molecule has 1 fully saturated rings. The summed E-state index contributed by atoms with van der Waals surface area (Å²) in [5, 5.41) is 0. The molecule has 0 bridgehead atoms. The van der Waals surface area contributed by atoms with Crippen molar-refractivity contribution in [2.45, 2.75) is 19.4 Å². The predicted octanol–water partition coefficient (Wildman–Crippen LogP) is 5.20. The highest BCUT2D eigenvalue weighted by Gasteiger charge is 2.23. The molecule has 0 saturated carbocycles. The molecule has 1 unspecified atom stereocenters. The van der Waals surface area contributed by atoms with Crippen LogP contribution in [0.15, 0.2) is 66.7 Å². The smallest absolute Gasteiger partial charge is 0.231 e. The molecule has 0 spiro atoms. The number of halogens is 1. The third-order valence-electron chi connectivity index (χ3n) is 6.41. The van der Waals surface area contributed by atoms with Crippen LogP contribution < -0.4 is 19.1 Å². The molecule has 3 aromatic carbocycles. The molecular formula is C27H29FN2O3. The van der Waals surface area contributed by atoms with Gasteiger partial charge in [0.2, 0.25) is 6.79 Å². The van der Waals surface area contributed by atoms with Gasteiger partial charge in [0, 0.05) is 44.8 Å². The zero-order chi connectivity index (χ0) is 22.6. The topological polar surface area (TPSA) is 34.2 Å². The molecular weight excluding hydrogens is 419 g/mol. The van der Waals surface area contributed by atoms with Crippen LogP contribution in [-0.4, -0.2) is 44.4 Å². The van der Waals surface area contributed by atoms with Gasteiger partial charge in [-0.3, -0.25) is 4.90 Å². The highest BCUT2D eigenvalue weighted by atomic mass is 19.1. The number of ether oxygens (including phenoxy) is 3. The van der Waals surface area contributed by atoms with E-state index in [2.05, 4.69) is 41.0 Å². The van der Waals surface area contributed by atoms with Gasteiger partial charge in [0.1, 0.15) is 6.10 Å². The largest absolute Gasteiger partial charge is 0.483 e. The van der Waals surface area contributed by atoms with Gasteiger partial charge in [-0.25, -0.2) is 4.39 Å². The highest BCUT2D eigenvalue weighted by Crippen LogP contribution is 2.36. The van der Waals surface area contributed by atoms with Crippen molar-refractivity contribution >= 4 is 5.69 Å². The second-order valence-corrected chi connectivity index (χ2v) is 8.55. The number of aryl methyl sites for hydroxylation is 1. The van der Waals surface area contributed by atoms with Gasteiger partial charge < -0.3 is 19.1 Å². The number of nitrogens with zero attached hydrogens (tertiary/aromatic N) is 2. The van der Waals surface area contributed by atoms with Crippen LogP contribution in [0.5, 0.6) is 17.2 Å². The Kier molecular flexibility index (Phi) is 6.35. The molecule has 3 aromatic rings. The number of piperazine rings is 1. The van der Waals surface area contributed by atoms with Crippen molar-refractivity contribution in [2.24, 2.45) is 0 Å². The lowest BCUT2D eigenvalue weighted by atomic mass is 10.0. The van der Waals surface area contributed by atoms with E-state index in [4.69, 9.17) is 14.2 Å². The average Bonchev–Trinajstić information content (AvgIpc) is 3.32. The molecule has 6 heteroatoms. The first-order chi connectivity index (χ1) is 16.2. The summed E-state index contributed by atoms with van der Waals surface area (Å²) in [6.07, 6.45) is 0.462. The van der Waals surface area contributed by atoms with E-state index in [9.17, 15) is 4.39 Å². The van der Waals surface area contributed by atoms with Gasteiger partial charge in [-0.1, -0.05) is 36.4 Å². The Morgan fingerprint density at radius 2 is 1.67 bits per heavy atom. The summed E-state index contributed by atoms with van der Waals surface area (Å²) in [5.74, 6) is 1.36. The average molecular weight is 449 g/mol. The molecule has 5 nitrogen and oxygen atoms in total. The van der Waals surface area contributed by atoms with Crippen LogP contribution in [0.4, 0.5) is 10.1 Å². The molecule has 0 aliphatic carbocycles. The van der Waals surface area contributed by atoms with E-state index in [1.807, 2.05) is 18.2 Å². The Balaban J connectivity index is 1.26. The third kappa shape index (κ3) is 4.91. The maximum atomic E-state index is 14.3. The first-order valence-corrected chi connectivity index (χ1v) is 11.5. The van der Waals surface area contributed by atoms with Gasteiger partial charge in [-0.15, -0.1) is 0 Å². The lowest BCUT2D eigenvalue weighted by Crippen LogP contribution is -2.47. The summed E-state index contributed by atoms with van der Waals surface area (Å²) in [6.45, 7) is 7.22. The standard InChI is InChI=1S/C27H29FN2O3/c1-20-6-2-4-8-23(20)30-16-14-29(15-17-30)13-12-24(33-25-9-5-3-7-22(25)28)21-10-11-26-27(18-21)32-19-31-26/h2-11,18,24H,12-17,19H2,1H3. The highest BCUT2D eigenvalue weighted by molar-refractivity contribution is 5.53. The number of hydrogen-bond acceptors (Lipinski definition) is 5. The van der Waals surface area contributed by atoms with E-state index in [0.717, 1.165) is 50.5 Å². The normalized spacial score (nSPS) is 16.6. The van der Waals surface area contributed by atoms with Gasteiger partial charge >= 0.3 is 0 Å². The monoisotopic (exact) mass is 448 g/mol. The fourth-order valence-corrected chi connectivity index (χ4v) is 4.53. The number of para-hydroxylation sites is 2. The molecule has 0 aromatic heterocycles. The van der Waals surface area contributed by atoms with Crippen LogP contribution in [0.25, 0.3) is 0 Å². The van der Waals surface area contributed by atoms with Crippen molar-refractivity contribution in [3.63, 3.8) is 0 Å². The molecule has 0 radical (unpaired) electrons. The maximum absolute atomic E-state index is 14.3. The van der Waals surface area contributed by atoms with Crippen molar-refractivity contribution in [3.05, 3.63) is 83.7 Å². The minimum Gasteiger partial charge on any atom is -0.483 e. The molecule has 5 rings (SSSR count). The molecule has 0 amide bonds. The number of benzene rings is 3. The predicted molar refractivity (Wildman–Crippen MR) is 127 cm³/mol. The van der Waals surface area contributed by atoms with Crippen LogP contribution in [0.2, 0.25) is 0 Å². The molecule has 172 valence electrons. The lowest BCUT2D eigenvalue weighted by molar-refractivity contribution is 0.154. The van der Waals surface area contributed by atoms with Crippen molar-refractivity contribution in [3.8, 4) is 17.2 Å². The van der Waals surface area contributed by atoms with Crippen molar-refractivity contribution in [2.75, 3.05) is 44.4 Å². The van der Waals surface area contributed by atoms with Gasteiger partial charge in [0.15, 0.2) is 23.1 Å². The first kappa shape index (κ1) is 21.6. The van der Waals surface area contributed by atoms with Crippen LogP contribution in [0.3, 0.4) is 0 Å². The molecule has 1 atom stereocenters. The summed E-state index contributed by atoms with van der Waals surface area (Å²) in [6, 6.07) is 20.9. The number of fused-ring (bicyclic) bond motifs is 1. The lowest BCUT2D eigenvalue weighted by Gasteiger charge is -2.37. The van der Waals surface area contributed by atoms with Crippen molar-refractivity contribution < 1.29 is 18.6 Å². The molecule has 1 saturated heterocycles. The summed E-state index contributed by atoms with van der Waals surface area (Å²) in [4.78, 5) is 4.91. The van der Waals surface area contributed by atoms with Crippen LogP contribution >= 0.6 is 0 Å². The number of anilines is 1. The molecule has 2 heterocycles. The minimum atomic E-state index is -0.352. The summed E-state index contributed by atoms with van der Waals surface area (Å²) in [7, 11) is 0. The SMILES string of the molecule is Cc1ccccc1N1CCN(CCC(Oc2ccccc2F)c2ccc3c(c2)OCO3)CC1. The Hall–Kier alpha value is -3.25. The van der Waals surface area contributed by atoms with Gasteiger partial charge in [0.05, 0.1) is 0 Å². The van der Waals surface area contributed by atoms with Crippen molar-refractivity contribution in [1.29, 1.82) is 0 Å².